The molecule has 3 heterocycles. The number of carbonyl (C=O) groups is 2. The maximum atomic E-state index is 13.2. The molecule has 1 fully saturated rings. The van der Waals surface area contributed by atoms with E-state index in [9.17, 15) is 14.7 Å². The molecule has 1 saturated heterocycles. The van der Waals surface area contributed by atoms with E-state index >= 15 is 0 Å². The van der Waals surface area contributed by atoms with Gasteiger partial charge in [-0.25, -0.2) is 0 Å². The van der Waals surface area contributed by atoms with Gasteiger partial charge in [0.25, 0.3) is 5.91 Å². The number of amides is 2. The summed E-state index contributed by atoms with van der Waals surface area (Å²) in [6.45, 7) is 9.27. The van der Waals surface area contributed by atoms with Crippen molar-refractivity contribution in [3.8, 4) is 5.75 Å². The maximum Gasteiger partial charge on any atom is 0.257 e. The zero-order chi connectivity index (χ0) is 22.5. The minimum atomic E-state index is -0.118. The van der Waals surface area contributed by atoms with Crippen LogP contribution in [0.1, 0.15) is 69.7 Å². The summed E-state index contributed by atoms with van der Waals surface area (Å²) in [6, 6.07) is 7.37. The minimum absolute atomic E-state index is 0.0160. The fourth-order valence-electron chi connectivity index (χ4n) is 4.61. The predicted molar refractivity (Wildman–Crippen MR) is 121 cm³/mol. The summed E-state index contributed by atoms with van der Waals surface area (Å²) in [5.41, 5.74) is 0.386. The predicted octanol–water partition coefficient (Wildman–Crippen LogP) is 3.73. The number of ether oxygens (including phenoxy) is 1. The lowest BCUT2D eigenvalue weighted by molar-refractivity contribution is -0.133. The molecule has 6 nitrogen and oxygen atoms in total. The highest BCUT2D eigenvalue weighted by Crippen LogP contribution is 2.37. The molecule has 0 aromatic heterocycles. The highest BCUT2D eigenvalue weighted by atomic mass is 16.5. The molecule has 1 N–H and O–H groups in total. The lowest BCUT2D eigenvalue weighted by Gasteiger charge is -2.41. The van der Waals surface area contributed by atoms with Crippen molar-refractivity contribution in [3.05, 3.63) is 29.8 Å². The van der Waals surface area contributed by atoms with Crippen LogP contribution in [-0.2, 0) is 4.79 Å². The molecule has 0 atom stereocenters. The fourth-order valence-corrected chi connectivity index (χ4v) is 4.61. The summed E-state index contributed by atoms with van der Waals surface area (Å²) in [5, 5.41) is 10.1. The monoisotopic (exact) mass is 430 g/mol. The summed E-state index contributed by atoms with van der Waals surface area (Å²) in [6.07, 6.45) is 4.93. The SMILES string of the molecule is CC(C)(C)CC(=O)N1CCCCC2(CO)CCN(CC2)C(=O)c2ccccc2OCC1. The molecule has 0 unspecified atom stereocenters. The summed E-state index contributed by atoms with van der Waals surface area (Å²) in [4.78, 5) is 29.9. The molecule has 172 valence electrons. The standard InChI is InChI=1S/C25H38N2O4/c1-24(2,3)18-22(29)26-13-7-6-10-25(19-28)11-14-27(15-12-25)23(30)20-8-4-5-9-21(20)31-17-16-26/h4-5,8-9,28H,6-7,10-19H2,1-3H3. The van der Waals surface area contributed by atoms with Crippen molar-refractivity contribution in [2.45, 2.75) is 59.3 Å². The Balaban J connectivity index is 1.81. The van der Waals surface area contributed by atoms with Crippen LogP contribution in [-0.4, -0.2) is 66.1 Å². The average molecular weight is 431 g/mol. The number of carbonyl (C=O) groups excluding carboxylic acids is 2. The van der Waals surface area contributed by atoms with E-state index in [0.29, 0.717) is 50.5 Å². The quantitative estimate of drug-likeness (QED) is 0.776. The zero-order valence-electron chi connectivity index (χ0n) is 19.4. The molecule has 0 aliphatic carbocycles. The summed E-state index contributed by atoms with van der Waals surface area (Å²) in [5.74, 6) is 0.705. The minimum Gasteiger partial charge on any atom is -0.491 e. The van der Waals surface area contributed by atoms with Crippen molar-refractivity contribution in [1.82, 2.24) is 9.80 Å². The van der Waals surface area contributed by atoms with Crippen LogP contribution in [0, 0.1) is 10.8 Å². The third-order valence-corrected chi connectivity index (χ3v) is 6.60. The second kappa shape index (κ2) is 10.0. The summed E-state index contributed by atoms with van der Waals surface area (Å²) < 4.78 is 6.01. The third-order valence-electron chi connectivity index (χ3n) is 6.60. The third kappa shape index (κ3) is 6.22. The van der Waals surface area contributed by atoms with Crippen LogP contribution in [0.15, 0.2) is 24.3 Å². The number of hydrogen-bond acceptors (Lipinski definition) is 4. The molecule has 6 heteroatoms. The van der Waals surface area contributed by atoms with Crippen LogP contribution in [0.2, 0.25) is 0 Å². The molecule has 3 aliphatic heterocycles. The summed E-state index contributed by atoms with van der Waals surface area (Å²) in [7, 11) is 0. The molecule has 3 aliphatic rings. The number of piperidine rings is 1. The Morgan fingerprint density at radius 1 is 1.06 bits per heavy atom. The fraction of sp³-hybridized carbons (Fsp3) is 0.680. The van der Waals surface area contributed by atoms with Gasteiger partial charge in [-0.15, -0.1) is 0 Å². The van der Waals surface area contributed by atoms with Gasteiger partial charge in [0, 0.05) is 32.7 Å². The lowest BCUT2D eigenvalue weighted by atomic mass is 9.75. The van der Waals surface area contributed by atoms with Crippen molar-refractivity contribution < 1.29 is 19.4 Å². The number of aliphatic hydroxyl groups excluding tert-OH is 1. The van der Waals surface area contributed by atoms with Crippen molar-refractivity contribution in [2.75, 3.05) is 39.4 Å². The lowest BCUT2D eigenvalue weighted by Crippen LogP contribution is -2.44. The highest BCUT2D eigenvalue weighted by Gasteiger charge is 2.36. The Hall–Kier alpha value is -2.08. The first-order chi connectivity index (χ1) is 14.7. The molecular weight excluding hydrogens is 392 g/mol. The molecule has 31 heavy (non-hydrogen) atoms. The topological polar surface area (TPSA) is 70.1 Å². The number of hydrogen-bond donors (Lipinski definition) is 1. The Morgan fingerprint density at radius 2 is 1.77 bits per heavy atom. The zero-order valence-corrected chi connectivity index (χ0v) is 19.4. The Kier molecular flexibility index (Phi) is 7.63. The van der Waals surface area contributed by atoms with Crippen molar-refractivity contribution in [1.29, 1.82) is 0 Å². The molecule has 2 amide bonds. The van der Waals surface area contributed by atoms with E-state index in [1.165, 1.54) is 0 Å². The van der Waals surface area contributed by atoms with Crippen LogP contribution in [0.5, 0.6) is 5.75 Å². The number of para-hydroxylation sites is 1. The molecule has 2 bridgehead atoms. The van der Waals surface area contributed by atoms with Crippen molar-refractivity contribution >= 4 is 11.8 Å². The first-order valence-corrected chi connectivity index (χ1v) is 11.6. The smallest absolute Gasteiger partial charge is 0.257 e. The summed E-state index contributed by atoms with van der Waals surface area (Å²) >= 11 is 0. The molecule has 0 spiro atoms. The van der Waals surface area contributed by atoms with Crippen LogP contribution < -0.4 is 4.74 Å². The Morgan fingerprint density at radius 3 is 2.45 bits per heavy atom. The number of benzene rings is 1. The van der Waals surface area contributed by atoms with Gasteiger partial charge >= 0.3 is 0 Å². The van der Waals surface area contributed by atoms with Gasteiger partial charge in [-0.05, 0) is 48.6 Å². The van der Waals surface area contributed by atoms with Crippen LogP contribution in [0.3, 0.4) is 0 Å². The van der Waals surface area contributed by atoms with Gasteiger partial charge in [0.2, 0.25) is 5.91 Å². The molecule has 0 radical (unpaired) electrons. The van der Waals surface area contributed by atoms with E-state index < -0.39 is 0 Å². The molecule has 1 aromatic rings. The van der Waals surface area contributed by atoms with E-state index in [2.05, 4.69) is 20.8 Å². The normalized spacial score (nSPS) is 20.5. The molecule has 0 saturated carbocycles. The second-order valence-electron chi connectivity index (χ2n) is 10.4. The highest BCUT2D eigenvalue weighted by molar-refractivity contribution is 5.97. The van der Waals surface area contributed by atoms with Gasteiger partial charge < -0.3 is 19.6 Å². The Bertz CT molecular complexity index is 763. The van der Waals surface area contributed by atoms with Crippen LogP contribution in [0.25, 0.3) is 0 Å². The van der Waals surface area contributed by atoms with E-state index in [1.807, 2.05) is 34.1 Å². The van der Waals surface area contributed by atoms with Gasteiger partial charge in [0.05, 0.1) is 12.1 Å². The van der Waals surface area contributed by atoms with E-state index in [1.54, 1.807) is 0 Å². The molecule has 4 rings (SSSR count). The van der Waals surface area contributed by atoms with Gasteiger partial charge in [-0.1, -0.05) is 39.3 Å². The largest absolute Gasteiger partial charge is 0.491 e. The second-order valence-corrected chi connectivity index (χ2v) is 10.4. The van der Waals surface area contributed by atoms with Crippen LogP contribution in [0.4, 0.5) is 0 Å². The van der Waals surface area contributed by atoms with Crippen molar-refractivity contribution in [2.24, 2.45) is 10.8 Å². The van der Waals surface area contributed by atoms with Crippen molar-refractivity contribution in [3.63, 3.8) is 0 Å². The number of nitrogens with zero attached hydrogens (tertiary/aromatic N) is 2. The number of rotatable bonds is 2. The number of aliphatic hydroxyl groups is 1. The van der Waals surface area contributed by atoms with Gasteiger partial charge in [0.15, 0.2) is 0 Å². The molecular formula is C25H38N2O4. The van der Waals surface area contributed by atoms with Crippen LogP contribution >= 0.6 is 0 Å². The van der Waals surface area contributed by atoms with E-state index in [4.69, 9.17) is 4.74 Å². The number of fused-ring (bicyclic) bond motifs is 9. The molecule has 1 aromatic carbocycles. The first kappa shape index (κ1) is 23.6. The Labute approximate surface area is 186 Å². The van der Waals surface area contributed by atoms with Gasteiger partial charge in [-0.2, -0.15) is 0 Å². The first-order valence-electron chi connectivity index (χ1n) is 11.6. The average Bonchev–Trinajstić information content (AvgIpc) is 2.74. The van der Waals surface area contributed by atoms with Gasteiger partial charge in [0.1, 0.15) is 12.4 Å². The van der Waals surface area contributed by atoms with E-state index in [-0.39, 0.29) is 29.3 Å². The maximum absolute atomic E-state index is 13.2. The van der Waals surface area contributed by atoms with Gasteiger partial charge in [-0.3, -0.25) is 9.59 Å². The van der Waals surface area contributed by atoms with E-state index in [0.717, 1.165) is 32.1 Å².